The van der Waals surface area contributed by atoms with Crippen molar-refractivity contribution < 1.29 is 5.11 Å². The number of nitrogens with zero attached hydrogens (tertiary/aromatic N) is 2. The van der Waals surface area contributed by atoms with Gasteiger partial charge in [-0.15, -0.1) is 0 Å². The van der Waals surface area contributed by atoms with E-state index in [0.717, 1.165) is 24.0 Å². The maximum atomic E-state index is 11.7. The highest BCUT2D eigenvalue weighted by Gasteiger charge is 2.05. The monoisotopic (exact) mass is 241 g/mol. The second kappa shape index (κ2) is 6.36. The Kier molecular flexibility index (Phi) is 5.11. The van der Waals surface area contributed by atoms with E-state index in [1.807, 2.05) is 0 Å². The van der Waals surface area contributed by atoms with Crippen molar-refractivity contribution in [2.24, 2.45) is 14.1 Å². The van der Waals surface area contributed by atoms with Crippen molar-refractivity contribution in [3.05, 3.63) is 32.6 Å². The fourth-order valence-electron chi connectivity index (χ4n) is 1.59. The molecule has 0 aliphatic carbocycles. The SMILES string of the molecule is Cn1cc(CNCCCCO)c(=O)n(C)c1=O. The zero-order valence-electron chi connectivity index (χ0n) is 10.3. The second-order valence-electron chi connectivity index (χ2n) is 4.02. The maximum absolute atomic E-state index is 11.7. The van der Waals surface area contributed by atoms with Crippen molar-refractivity contribution in [3.8, 4) is 0 Å². The van der Waals surface area contributed by atoms with Crippen LogP contribution in [-0.2, 0) is 20.6 Å². The molecule has 0 aliphatic rings. The lowest BCUT2D eigenvalue weighted by Gasteiger charge is -2.07. The Balaban J connectivity index is 2.66. The number of unbranched alkanes of at least 4 members (excludes halogenated alkanes) is 1. The van der Waals surface area contributed by atoms with Crippen molar-refractivity contribution in [2.45, 2.75) is 19.4 Å². The van der Waals surface area contributed by atoms with Crippen LogP contribution in [0.15, 0.2) is 15.8 Å². The van der Waals surface area contributed by atoms with E-state index < -0.39 is 0 Å². The molecule has 0 atom stereocenters. The molecular formula is C11H19N3O3. The Morgan fingerprint density at radius 1 is 1.29 bits per heavy atom. The summed E-state index contributed by atoms with van der Waals surface area (Å²) in [6.07, 6.45) is 3.17. The van der Waals surface area contributed by atoms with Crippen LogP contribution in [0.1, 0.15) is 18.4 Å². The molecular weight excluding hydrogens is 222 g/mol. The first kappa shape index (κ1) is 13.7. The van der Waals surface area contributed by atoms with Crippen LogP contribution in [0.3, 0.4) is 0 Å². The number of aliphatic hydroxyl groups excluding tert-OH is 1. The first-order valence-electron chi connectivity index (χ1n) is 5.65. The van der Waals surface area contributed by atoms with Gasteiger partial charge in [0.15, 0.2) is 0 Å². The van der Waals surface area contributed by atoms with Crippen LogP contribution >= 0.6 is 0 Å². The van der Waals surface area contributed by atoms with E-state index in [1.165, 1.54) is 11.6 Å². The molecule has 96 valence electrons. The molecule has 1 aromatic rings. The molecule has 0 fully saturated rings. The average Bonchev–Trinajstić information content (AvgIpc) is 2.32. The Labute approximate surface area is 99.5 Å². The highest BCUT2D eigenvalue weighted by Crippen LogP contribution is 1.89. The van der Waals surface area contributed by atoms with Gasteiger partial charge in [-0.1, -0.05) is 0 Å². The molecule has 1 rings (SSSR count). The second-order valence-corrected chi connectivity index (χ2v) is 4.02. The number of aromatic nitrogens is 2. The molecule has 0 aromatic carbocycles. The van der Waals surface area contributed by atoms with Crippen LogP contribution in [0.5, 0.6) is 0 Å². The number of aliphatic hydroxyl groups is 1. The van der Waals surface area contributed by atoms with Gasteiger partial charge in [0, 0.05) is 39.0 Å². The van der Waals surface area contributed by atoms with Crippen LogP contribution < -0.4 is 16.6 Å². The Bertz CT molecular complexity index is 476. The summed E-state index contributed by atoms with van der Waals surface area (Å²) in [6, 6.07) is 0. The minimum Gasteiger partial charge on any atom is -0.396 e. The Morgan fingerprint density at radius 2 is 2.00 bits per heavy atom. The summed E-state index contributed by atoms with van der Waals surface area (Å²) in [5, 5.41) is 11.7. The van der Waals surface area contributed by atoms with Crippen LogP contribution in [0.2, 0.25) is 0 Å². The van der Waals surface area contributed by atoms with Gasteiger partial charge >= 0.3 is 5.69 Å². The van der Waals surface area contributed by atoms with Gasteiger partial charge in [-0.3, -0.25) is 9.36 Å². The summed E-state index contributed by atoms with van der Waals surface area (Å²) in [6.45, 7) is 1.36. The van der Waals surface area contributed by atoms with Crippen LogP contribution in [0.25, 0.3) is 0 Å². The average molecular weight is 241 g/mol. The molecule has 17 heavy (non-hydrogen) atoms. The molecule has 0 aliphatic heterocycles. The minimum atomic E-state index is -0.320. The summed E-state index contributed by atoms with van der Waals surface area (Å²) >= 11 is 0. The molecule has 6 heteroatoms. The van der Waals surface area contributed by atoms with Crippen molar-refractivity contribution in [2.75, 3.05) is 13.2 Å². The molecule has 0 amide bonds. The van der Waals surface area contributed by atoms with E-state index in [2.05, 4.69) is 5.32 Å². The fraction of sp³-hybridized carbons (Fsp3) is 0.636. The van der Waals surface area contributed by atoms with E-state index in [9.17, 15) is 9.59 Å². The molecule has 0 unspecified atom stereocenters. The molecule has 0 radical (unpaired) electrons. The summed E-state index contributed by atoms with van der Waals surface area (Å²) < 4.78 is 2.50. The van der Waals surface area contributed by atoms with E-state index in [1.54, 1.807) is 13.2 Å². The molecule has 0 saturated heterocycles. The third-order valence-corrected chi connectivity index (χ3v) is 2.59. The van der Waals surface area contributed by atoms with Gasteiger partial charge in [0.25, 0.3) is 5.56 Å². The van der Waals surface area contributed by atoms with Crippen molar-refractivity contribution in [3.63, 3.8) is 0 Å². The highest BCUT2D eigenvalue weighted by atomic mass is 16.3. The van der Waals surface area contributed by atoms with Crippen molar-refractivity contribution in [1.29, 1.82) is 0 Å². The van der Waals surface area contributed by atoms with Gasteiger partial charge in [0.1, 0.15) is 0 Å². The largest absolute Gasteiger partial charge is 0.396 e. The van der Waals surface area contributed by atoms with Crippen LogP contribution in [0.4, 0.5) is 0 Å². The molecule has 2 N–H and O–H groups in total. The summed E-state index contributed by atoms with van der Waals surface area (Å²) in [4.78, 5) is 23.2. The first-order valence-corrected chi connectivity index (χ1v) is 5.65. The molecule has 0 saturated carbocycles. The number of aryl methyl sites for hydroxylation is 1. The van der Waals surface area contributed by atoms with Crippen molar-refractivity contribution >= 4 is 0 Å². The number of rotatable bonds is 6. The molecule has 0 bridgehead atoms. The zero-order chi connectivity index (χ0) is 12.8. The minimum absolute atomic E-state index is 0.184. The Morgan fingerprint density at radius 3 is 2.65 bits per heavy atom. The van der Waals surface area contributed by atoms with Gasteiger partial charge in [-0.25, -0.2) is 4.79 Å². The van der Waals surface area contributed by atoms with E-state index in [0.29, 0.717) is 12.1 Å². The first-order chi connectivity index (χ1) is 8.07. The lowest BCUT2D eigenvalue weighted by Crippen LogP contribution is -2.39. The molecule has 0 spiro atoms. The van der Waals surface area contributed by atoms with Crippen molar-refractivity contribution in [1.82, 2.24) is 14.5 Å². The van der Waals surface area contributed by atoms with E-state index in [-0.39, 0.29) is 17.9 Å². The standard InChI is InChI=1S/C11H19N3O3/c1-13-8-9(7-12-5-3-4-6-15)10(16)14(2)11(13)17/h8,12,15H,3-7H2,1-2H3. The molecule has 1 heterocycles. The normalized spacial score (nSPS) is 10.8. The quantitative estimate of drug-likeness (QED) is 0.623. The Hall–Kier alpha value is -1.40. The number of hydrogen-bond acceptors (Lipinski definition) is 4. The maximum Gasteiger partial charge on any atom is 0.330 e. The predicted octanol–water partition coefficient (Wildman–Crippen LogP) is -1.05. The van der Waals surface area contributed by atoms with E-state index in [4.69, 9.17) is 5.11 Å². The smallest absolute Gasteiger partial charge is 0.330 e. The topological polar surface area (TPSA) is 76.3 Å². The molecule has 1 aromatic heterocycles. The van der Waals surface area contributed by atoms with Gasteiger partial charge in [0.05, 0.1) is 0 Å². The van der Waals surface area contributed by atoms with E-state index >= 15 is 0 Å². The lowest BCUT2D eigenvalue weighted by atomic mass is 10.3. The third-order valence-electron chi connectivity index (χ3n) is 2.59. The van der Waals surface area contributed by atoms with Gasteiger partial charge in [-0.2, -0.15) is 0 Å². The fourth-order valence-corrected chi connectivity index (χ4v) is 1.59. The number of nitrogens with one attached hydrogen (secondary N) is 1. The van der Waals surface area contributed by atoms with Gasteiger partial charge < -0.3 is 15.0 Å². The third kappa shape index (κ3) is 3.54. The molecule has 6 nitrogen and oxygen atoms in total. The van der Waals surface area contributed by atoms with Crippen LogP contribution in [-0.4, -0.2) is 27.4 Å². The predicted molar refractivity (Wildman–Crippen MR) is 65.0 cm³/mol. The summed E-state index contributed by atoms with van der Waals surface area (Å²) in [5.41, 5.74) is -0.0135. The lowest BCUT2D eigenvalue weighted by molar-refractivity contribution is 0.283. The highest BCUT2D eigenvalue weighted by molar-refractivity contribution is 5.05. The zero-order valence-corrected chi connectivity index (χ0v) is 10.3. The van der Waals surface area contributed by atoms with Gasteiger partial charge in [-0.05, 0) is 19.4 Å². The van der Waals surface area contributed by atoms with Gasteiger partial charge in [0.2, 0.25) is 0 Å². The van der Waals surface area contributed by atoms with Crippen LogP contribution in [0, 0.1) is 0 Å². The number of hydrogen-bond donors (Lipinski definition) is 2. The summed E-state index contributed by atoms with van der Waals surface area (Å²) in [5.74, 6) is 0. The summed E-state index contributed by atoms with van der Waals surface area (Å²) in [7, 11) is 3.09.